The van der Waals surface area contributed by atoms with Gasteiger partial charge in [-0.3, -0.25) is 11.3 Å². The Balaban J connectivity index is 2.20. The van der Waals surface area contributed by atoms with Crippen LogP contribution in [0.4, 0.5) is 4.39 Å². The van der Waals surface area contributed by atoms with Crippen LogP contribution in [0.3, 0.4) is 0 Å². The van der Waals surface area contributed by atoms with Crippen LogP contribution in [-0.2, 0) is 6.42 Å². The Morgan fingerprint density at radius 3 is 2.72 bits per heavy atom. The van der Waals surface area contributed by atoms with Gasteiger partial charge in [0.15, 0.2) is 0 Å². The summed E-state index contributed by atoms with van der Waals surface area (Å²) in [4.78, 5) is 2.31. The molecule has 0 fully saturated rings. The highest BCUT2D eigenvalue weighted by Crippen LogP contribution is 2.26. The topological polar surface area (TPSA) is 38.0 Å². The summed E-state index contributed by atoms with van der Waals surface area (Å²) in [6.07, 6.45) is 0.499. The van der Waals surface area contributed by atoms with E-state index in [-0.39, 0.29) is 11.9 Å². The van der Waals surface area contributed by atoms with Crippen LogP contribution in [0.1, 0.15) is 21.4 Å². The number of aryl methyl sites for hydroxylation is 1. The highest BCUT2D eigenvalue weighted by molar-refractivity contribution is 7.12. The van der Waals surface area contributed by atoms with Crippen LogP contribution in [0.5, 0.6) is 0 Å². The van der Waals surface area contributed by atoms with Gasteiger partial charge >= 0.3 is 0 Å². The summed E-state index contributed by atoms with van der Waals surface area (Å²) < 4.78 is 13.7. The zero-order valence-corrected chi connectivity index (χ0v) is 11.5. The van der Waals surface area contributed by atoms with Gasteiger partial charge in [-0.05, 0) is 43.2 Å². The Kier molecular flexibility index (Phi) is 4.35. The fourth-order valence-corrected chi connectivity index (χ4v) is 2.89. The third-order valence-electron chi connectivity index (χ3n) is 2.74. The molecular weight excluding hydrogens is 271 g/mol. The minimum atomic E-state index is -0.295. The van der Waals surface area contributed by atoms with Crippen LogP contribution in [0.15, 0.2) is 30.3 Å². The summed E-state index contributed by atoms with van der Waals surface area (Å²) in [5.41, 5.74) is 3.34. The van der Waals surface area contributed by atoms with E-state index in [1.165, 1.54) is 10.9 Å². The van der Waals surface area contributed by atoms with Crippen molar-refractivity contribution in [2.24, 2.45) is 5.84 Å². The van der Waals surface area contributed by atoms with Crippen molar-refractivity contribution in [3.63, 3.8) is 0 Å². The molecule has 1 unspecified atom stereocenters. The van der Waals surface area contributed by atoms with Crippen LogP contribution < -0.4 is 11.3 Å². The number of hydrazine groups is 1. The molecule has 1 aromatic carbocycles. The van der Waals surface area contributed by atoms with E-state index in [0.29, 0.717) is 17.0 Å². The number of halogens is 2. The lowest BCUT2D eigenvalue weighted by Crippen LogP contribution is -2.29. The number of hydrogen-bond donors (Lipinski definition) is 2. The quantitative estimate of drug-likeness (QED) is 0.665. The average molecular weight is 285 g/mol. The largest absolute Gasteiger partial charge is 0.271 e. The van der Waals surface area contributed by atoms with Gasteiger partial charge in [0.05, 0.1) is 6.04 Å². The van der Waals surface area contributed by atoms with Gasteiger partial charge in [-0.2, -0.15) is 0 Å². The molecule has 0 saturated heterocycles. The Morgan fingerprint density at radius 1 is 1.39 bits per heavy atom. The van der Waals surface area contributed by atoms with Crippen LogP contribution >= 0.6 is 22.9 Å². The molecule has 18 heavy (non-hydrogen) atoms. The van der Waals surface area contributed by atoms with E-state index in [1.807, 2.05) is 19.1 Å². The van der Waals surface area contributed by atoms with Gasteiger partial charge in [-0.15, -0.1) is 11.3 Å². The third-order valence-corrected chi connectivity index (χ3v) is 4.09. The smallest absolute Gasteiger partial charge is 0.127 e. The lowest BCUT2D eigenvalue weighted by molar-refractivity contribution is 0.535. The highest BCUT2D eigenvalue weighted by atomic mass is 35.5. The second kappa shape index (κ2) is 5.80. The van der Waals surface area contributed by atoms with Crippen LogP contribution in [0.25, 0.3) is 0 Å². The number of benzene rings is 1. The van der Waals surface area contributed by atoms with E-state index in [1.54, 1.807) is 23.5 Å². The second-order valence-corrected chi connectivity index (χ2v) is 5.86. The second-order valence-electron chi connectivity index (χ2n) is 4.11. The van der Waals surface area contributed by atoms with Gasteiger partial charge in [0, 0.05) is 14.8 Å². The van der Waals surface area contributed by atoms with Crippen molar-refractivity contribution >= 4 is 22.9 Å². The molecular formula is C13H14ClFN2S. The molecule has 3 N–H and O–H groups in total. The van der Waals surface area contributed by atoms with E-state index in [0.717, 1.165) is 4.88 Å². The molecule has 0 amide bonds. The number of thiophene rings is 1. The summed E-state index contributed by atoms with van der Waals surface area (Å²) in [7, 11) is 0. The van der Waals surface area contributed by atoms with E-state index in [9.17, 15) is 4.39 Å². The summed E-state index contributed by atoms with van der Waals surface area (Å²) in [6.45, 7) is 2.03. The minimum absolute atomic E-state index is 0.0839. The van der Waals surface area contributed by atoms with E-state index < -0.39 is 0 Å². The first kappa shape index (κ1) is 13.5. The SMILES string of the molecule is Cc1ccc(C(Cc2ccc(Cl)cc2F)NN)s1. The number of nitrogens with two attached hydrogens (primary N) is 1. The van der Waals surface area contributed by atoms with Crippen molar-refractivity contribution in [2.75, 3.05) is 0 Å². The maximum absolute atomic E-state index is 13.7. The van der Waals surface area contributed by atoms with Crippen molar-refractivity contribution in [1.29, 1.82) is 0 Å². The van der Waals surface area contributed by atoms with Gasteiger partial charge in [0.1, 0.15) is 5.82 Å². The third kappa shape index (κ3) is 3.09. The Morgan fingerprint density at radius 2 is 2.17 bits per heavy atom. The maximum atomic E-state index is 13.7. The maximum Gasteiger partial charge on any atom is 0.127 e. The zero-order valence-electron chi connectivity index (χ0n) is 9.91. The minimum Gasteiger partial charge on any atom is -0.271 e. The fraction of sp³-hybridized carbons (Fsp3) is 0.231. The number of hydrogen-bond acceptors (Lipinski definition) is 3. The molecule has 2 rings (SSSR count). The first-order chi connectivity index (χ1) is 8.60. The Hall–Kier alpha value is -0.940. The molecule has 0 spiro atoms. The highest BCUT2D eigenvalue weighted by Gasteiger charge is 2.15. The molecule has 96 valence electrons. The average Bonchev–Trinajstić information content (AvgIpc) is 2.75. The summed E-state index contributed by atoms with van der Waals surface area (Å²) in [5, 5.41) is 0.403. The molecule has 0 aliphatic heterocycles. The van der Waals surface area contributed by atoms with Crippen LogP contribution in [-0.4, -0.2) is 0 Å². The van der Waals surface area contributed by atoms with E-state index >= 15 is 0 Å². The lowest BCUT2D eigenvalue weighted by Gasteiger charge is -2.14. The normalized spacial score (nSPS) is 12.7. The van der Waals surface area contributed by atoms with Gasteiger partial charge in [-0.25, -0.2) is 4.39 Å². The molecule has 0 saturated carbocycles. The standard InChI is InChI=1S/C13H14ClFN2S/c1-8-2-5-13(18-8)12(17-16)6-9-3-4-10(14)7-11(9)15/h2-5,7,12,17H,6,16H2,1H3. The van der Waals surface area contributed by atoms with Gasteiger partial charge < -0.3 is 0 Å². The molecule has 1 heterocycles. The van der Waals surface area contributed by atoms with E-state index in [2.05, 4.69) is 5.43 Å². The van der Waals surface area contributed by atoms with Crippen LogP contribution in [0, 0.1) is 12.7 Å². The molecule has 1 atom stereocenters. The Bertz CT molecular complexity index is 542. The van der Waals surface area contributed by atoms with Crippen molar-refractivity contribution in [3.8, 4) is 0 Å². The molecule has 5 heteroatoms. The first-order valence-electron chi connectivity index (χ1n) is 5.56. The molecule has 0 bridgehead atoms. The molecule has 2 nitrogen and oxygen atoms in total. The number of nitrogens with one attached hydrogen (secondary N) is 1. The van der Waals surface area contributed by atoms with Crippen molar-refractivity contribution in [2.45, 2.75) is 19.4 Å². The Labute approximate surface area is 115 Å². The summed E-state index contributed by atoms with van der Waals surface area (Å²) in [6, 6.07) is 8.67. The van der Waals surface area contributed by atoms with Gasteiger partial charge in [-0.1, -0.05) is 17.7 Å². The van der Waals surface area contributed by atoms with Crippen molar-refractivity contribution < 1.29 is 4.39 Å². The summed E-state index contributed by atoms with van der Waals surface area (Å²) in [5.74, 6) is 5.25. The monoisotopic (exact) mass is 284 g/mol. The molecule has 1 aromatic heterocycles. The predicted molar refractivity (Wildman–Crippen MR) is 74.2 cm³/mol. The summed E-state index contributed by atoms with van der Waals surface area (Å²) >= 11 is 7.39. The van der Waals surface area contributed by atoms with Gasteiger partial charge in [0.2, 0.25) is 0 Å². The molecule has 0 radical (unpaired) electrons. The van der Waals surface area contributed by atoms with Gasteiger partial charge in [0.25, 0.3) is 0 Å². The first-order valence-corrected chi connectivity index (χ1v) is 6.76. The lowest BCUT2D eigenvalue weighted by atomic mass is 10.0. The van der Waals surface area contributed by atoms with Crippen LogP contribution in [0.2, 0.25) is 5.02 Å². The van der Waals surface area contributed by atoms with Crippen molar-refractivity contribution in [1.82, 2.24) is 5.43 Å². The van der Waals surface area contributed by atoms with E-state index in [4.69, 9.17) is 17.4 Å². The fourth-order valence-electron chi connectivity index (χ4n) is 1.79. The molecule has 0 aliphatic rings. The molecule has 2 aromatic rings. The predicted octanol–water partition coefficient (Wildman–Crippen LogP) is 3.60. The zero-order chi connectivity index (χ0) is 13.1. The molecule has 0 aliphatic carbocycles. The number of rotatable bonds is 4. The van der Waals surface area contributed by atoms with Crippen molar-refractivity contribution in [3.05, 3.63) is 56.5 Å².